The van der Waals surface area contributed by atoms with Crippen LogP contribution in [-0.2, 0) is 6.42 Å². The number of nitrogens with zero attached hydrogens (tertiary/aromatic N) is 1. The Bertz CT molecular complexity index is 1470. The van der Waals surface area contributed by atoms with Gasteiger partial charge in [0.1, 0.15) is 17.0 Å². The third kappa shape index (κ3) is 3.14. The maximum Gasteiger partial charge on any atom is 0.248 e. The van der Waals surface area contributed by atoms with Gasteiger partial charge in [0.15, 0.2) is 0 Å². The minimum Gasteiger partial charge on any atom is -0.455 e. The van der Waals surface area contributed by atoms with Gasteiger partial charge in [0.05, 0.1) is 0 Å². The highest BCUT2D eigenvalue weighted by Crippen LogP contribution is 2.28. The molecule has 0 fully saturated rings. The number of pyridine rings is 1. The second-order valence-electron chi connectivity index (χ2n) is 9.48. The van der Waals surface area contributed by atoms with Crippen LogP contribution in [0, 0.1) is 27.7 Å². The summed E-state index contributed by atoms with van der Waals surface area (Å²) < 4.78 is 6.53. The molecule has 0 atom stereocenters. The molecular formula is C30H26BNO. The number of aryl methyl sites for hydroxylation is 4. The molecule has 0 unspecified atom stereocenters. The first-order valence-corrected chi connectivity index (χ1v) is 11.6. The van der Waals surface area contributed by atoms with E-state index in [-0.39, 0.29) is 6.71 Å². The highest BCUT2D eigenvalue weighted by Gasteiger charge is 2.38. The van der Waals surface area contributed by atoms with Crippen LogP contribution < -0.4 is 16.4 Å². The van der Waals surface area contributed by atoms with Crippen molar-refractivity contribution in [2.24, 2.45) is 0 Å². The number of fused-ring (bicyclic) bond motifs is 3. The van der Waals surface area contributed by atoms with Crippen molar-refractivity contribution in [1.82, 2.24) is 4.98 Å². The molecule has 0 aliphatic carbocycles. The van der Waals surface area contributed by atoms with Crippen LogP contribution in [0.4, 0.5) is 0 Å². The van der Waals surface area contributed by atoms with E-state index in [1.807, 2.05) is 24.4 Å². The molecule has 160 valence electrons. The molecule has 0 spiro atoms. The largest absolute Gasteiger partial charge is 0.455 e. The topological polar surface area (TPSA) is 26.0 Å². The molecule has 1 aliphatic heterocycles. The third-order valence-corrected chi connectivity index (χ3v) is 7.01. The number of hydrogen-bond acceptors (Lipinski definition) is 2. The Morgan fingerprint density at radius 2 is 1.36 bits per heavy atom. The van der Waals surface area contributed by atoms with Crippen molar-refractivity contribution in [3.63, 3.8) is 0 Å². The summed E-state index contributed by atoms with van der Waals surface area (Å²) >= 11 is 0. The van der Waals surface area contributed by atoms with Gasteiger partial charge in [0.25, 0.3) is 0 Å². The zero-order valence-electron chi connectivity index (χ0n) is 19.6. The van der Waals surface area contributed by atoms with Crippen molar-refractivity contribution in [2.75, 3.05) is 0 Å². The second kappa shape index (κ2) is 7.49. The first kappa shape index (κ1) is 20.1. The van der Waals surface area contributed by atoms with E-state index in [0.717, 1.165) is 23.5 Å². The molecule has 3 aromatic carbocycles. The van der Waals surface area contributed by atoms with Crippen LogP contribution in [0.2, 0.25) is 0 Å². The molecule has 3 heteroatoms. The third-order valence-electron chi connectivity index (χ3n) is 7.01. The molecular weight excluding hydrogens is 401 g/mol. The van der Waals surface area contributed by atoms with E-state index in [1.54, 1.807) is 0 Å². The Balaban J connectivity index is 1.76. The summed E-state index contributed by atoms with van der Waals surface area (Å²) in [4.78, 5) is 4.69. The monoisotopic (exact) mass is 427 g/mol. The number of rotatable bonds is 2. The van der Waals surface area contributed by atoms with E-state index in [2.05, 4.69) is 76.2 Å². The summed E-state index contributed by atoms with van der Waals surface area (Å²) in [6, 6.07) is 23.9. The molecule has 0 saturated heterocycles. The van der Waals surface area contributed by atoms with E-state index in [0.29, 0.717) is 0 Å². The van der Waals surface area contributed by atoms with Crippen LogP contribution in [0.25, 0.3) is 22.4 Å². The van der Waals surface area contributed by atoms with Crippen molar-refractivity contribution in [1.29, 1.82) is 0 Å². The van der Waals surface area contributed by atoms with Gasteiger partial charge in [-0.15, -0.1) is 0 Å². The number of benzene rings is 3. The summed E-state index contributed by atoms with van der Waals surface area (Å²) in [6.07, 6.45) is 2.82. The lowest BCUT2D eigenvalue weighted by atomic mass is 9.31. The summed E-state index contributed by atoms with van der Waals surface area (Å²) in [7, 11) is 0. The predicted molar refractivity (Wildman–Crippen MR) is 139 cm³/mol. The first-order valence-electron chi connectivity index (χ1n) is 11.6. The Morgan fingerprint density at radius 3 is 2.00 bits per heavy atom. The average Bonchev–Trinajstić information content (AvgIpc) is 3.17. The van der Waals surface area contributed by atoms with E-state index in [1.165, 1.54) is 55.2 Å². The van der Waals surface area contributed by atoms with E-state index in [4.69, 9.17) is 9.40 Å². The van der Waals surface area contributed by atoms with Crippen molar-refractivity contribution in [2.45, 2.75) is 34.1 Å². The van der Waals surface area contributed by atoms with Gasteiger partial charge >= 0.3 is 0 Å². The van der Waals surface area contributed by atoms with Crippen molar-refractivity contribution < 1.29 is 4.42 Å². The molecule has 1 aliphatic rings. The fourth-order valence-corrected chi connectivity index (χ4v) is 5.93. The minimum atomic E-state index is 0.102. The predicted octanol–water partition coefficient (Wildman–Crippen LogP) is 5.15. The summed E-state index contributed by atoms with van der Waals surface area (Å²) in [5.74, 6) is 0.876. The van der Waals surface area contributed by atoms with E-state index in [9.17, 15) is 0 Å². The molecule has 3 heterocycles. The standard InChI is InChI=1S/C30H26BNO/c1-18-13-20(3)27-22(15-18)17-23-16-19(2)14-21(4)28(23)31(27)29-24-9-5-6-11-26(24)33-30(29)25-10-7-8-12-32-25/h5-16H,17H2,1-4H3. The van der Waals surface area contributed by atoms with Crippen LogP contribution >= 0.6 is 0 Å². The Hall–Kier alpha value is -3.59. The summed E-state index contributed by atoms with van der Waals surface area (Å²) in [5.41, 5.74) is 14.0. The van der Waals surface area contributed by atoms with Crippen LogP contribution in [0.1, 0.15) is 33.4 Å². The SMILES string of the molecule is Cc1cc(C)c2c(c1)Cc1cc(C)cc(C)c1B2c1c(-c2ccccn2)oc2ccccc12. The lowest BCUT2D eigenvalue weighted by Gasteiger charge is -2.31. The molecule has 33 heavy (non-hydrogen) atoms. The Morgan fingerprint density at radius 1 is 0.727 bits per heavy atom. The maximum atomic E-state index is 6.53. The van der Waals surface area contributed by atoms with Crippen LogP contribution in [0.3, 0.4) is 0 Å². The lowest BCUT2D eigenvalue weighted by Crippen LogP contribution is -2.59. The molecule has 0 bridgehead atoms. The number of aromatic nitrogens is 1. The smallest absolute Gasteiger partial charge is 0.248 e. The first-order chi connectivity index (χ1) is 16.0. The number of furan rings is 1. The van der Waals surface area contributed by atoms with Crippen molar-refractivity contribution >= 4 is 34.1 Å². The van der Waals surface area contributed by atoms with E-state index >= 15 is 0 Å². The summed E-state index contributed by atoms with van der Waals surface area (Å²) in [6.45, 7) is 9.02. The molecule has 2 aromatic heterocycles. The molecule has 5 aromatic rings. The fraction of sp³-hybridized carbons (Fsp3) is 0.167. The number of hydrogen-bond donors (Lipinski definition) is 0. The van der Waals surface area contributed by atoms with Gasteiger partial charge in [-0.1, -0.05) is 81.7 Å². The highest BCUT2D eigenvalue weighted by atomic mass is 16.3. The van der Waals surface area contributed by atoms with Gasteiger partial charge in [0.2, 0.25) is 6.71 Å². The Labute approximate surface area is 195 Å². The Kier molecular flexibility index (Phi) is 4.55. The van der Waals surface area contributed by atoms with Gasteiger partial charge in [-0.25, -0.2) is 0 Å². The fourth-order valence-electron chi connectivity index (χ4n) is 5.93. The van der Waals surface area contributed by atoms with Gasteiger partial charge < -0.3 is 4.42 Å². The van der Waals surface area contributed by atoms with Gasteiger partial charge in [-0.2, -0.15) is 0 Å². The van der Waals surface area contributed by atoms with Gasteiger partial charge in [-0.05, 0) is 68.9 Å². The minimum absolute atomic E-state index is 0.102. The molecule has 0 saturated carbocycles. The zero-order valence-corrected chi connectivity index (χ0v) is 19.6. The van der Waals surface area contributed by atoms with Crippen LogP contribution in [0.5, 0.6) is 0 Å². The average molecular weight is 427 g/mol. The normalized spacial score (nSPS) is 12.7. The molecule has 2 nitrogen and oxygen atoms in total. The highest BCUT2D eigenvalue weighted by molar-refractivity contribution is 6.99. The van der Waals surface area contributed by atoms with Crippen molar-refractivity contribution in [3.05, 3.63) is 106 Å². The van der Waals surface area contributed by atoms with Crippen molar-refractivity contribution in [3.8, 4) is 11.5 Å². The van der Waals surface area contributed by atoms with Crippen LogP contribution in [0.15, 0.2) is 77.3 Å². The van der Waals surface area contributed by atoms with Crippen LogP contribution in [-0.4, -0.2) is 11.7 Å². The van der Waals surface area contributed by atoms with Gasteiger partial charge in [0, 0.05) is 11.6 Å². The quantitative estimate of drug-likeness (QED) is 0.358. The lowest BCUT2D eigenvalue weighted by molar-refractivity contribution is 0.631. The zero-order chi connectivity index (χ0) is 22.7. The van der Waals surface area contributed by atoms with Gasteiger partial charge in [-0.3, -0.25) is 4.98 Å². The van der Waals surface area contributed by atoms with E-state index < -0.39 is 0 Å². The number of para-hydroxylation sites is 1. The molecule has 0 N–H and O–H groups in total. The summed E-state index contributed by atoms with van der Waals surface area (Å²) in [5, 5.41) is 1.17. The molecule has 6 rings (SSSR count). The molecule has 0 amide bonds. The maximum absolute atomic E-state index is 6.53. The second-order valence-corrected chi connectivity index (χ2v) is 9.48. The molecule has 0 radical (unpaired) electrons.